The Morgan fingerprint density at radius 1 is 1.17 bits per heavy atom. The number of carboxylic acids is 2. The van der Waals surface area contributed by atoms with Gasteiger partial charge < -0.3 is 35.6 Å². The summed E-state index contributed by atoms with van der Waals surface area (Å²) in [4.78, 5) is 35.7. The van der Waals surface area contributed by atoms with Crippen molar-refractivity contribution in [3.05, 3.63) is 47.3 Å². The molecular formula is C20H19ClFN5O8. The summed E-state index contributed by atoms with van der Waals surface area (Å²) in [6.45, 7) is -0.723. The molecular weight excluding hydrogens is 493 g/mol. The summed E-state index contributed by atoms with van der Waals surface area (Å²) in [5.74, 6) is -4.25. The van der Waals surface area contributed by atoms with Crippen LogP contribution in [-0.4, -0.2) is 82.4 Å². The maximum atomic E-state index is 13.2. The molecule has 4 rings (SSSR count). The van der Waals surface area contributed by atoms with E-state index in [-0.39, 0.29) is 27.8 Å². The van der Waals surface area contributed by atoms with Crippen molar-refractivity contribution in [2.24, 2.45) is 0 Å². The Morgan fingerprint density at radius 2 is 1.83 bits per heavy atom. The Labute approximate surface area is 200 Å². The molecule has 3 aromatic rings. The number of aromatic nitrogens is 4. The van der Waals surface area contributed by atoms with E-state index in [1.807, 2.05) is 0 Å². The monoisotopic (exact) mass is 511 g/mol. The van der Waals surface area contributed by atoms with Crippen LogP contribution in [0.1, 0.15) is 11.8 Å². The lowest BCUT2D eigenvalue weighted by Gasteiger charge is -2.27. The van der Waals surface area contributed by atoms with Gasteiger partial charge in [0.25, 0.3) is 5.60 Å². The highest BCUT2D eigenvalue weighted by Gasteiger charge is 2.51. The summed E-state index contributed by atoms with van der Waals surface area (Å²) in [6.07, 6.45) is -5.18. The second-order valence-electron chi connectivity index (χ2n) is 7.80. The first-order valence-corrected chi connectivity index (χ1v) is 10.4. The van der Waals surface area contributed by atoms with Gasteiger partial charge in [-0.05, 0) is 29.3 Å². The molecule has 2 aromatic heterocycles. The van der Waals surface area contributed by atoms with Crippen LogP contribution < -0.4 is 5.73 Å². The number of anilines is 1. The Kier molecular flexibility index (Phi) is 6.57. The fraction of sp³-hybridized carbons (Fsp3) is 0.350. The minimum atomic E-state index is -2.78. The zero-order chi connectivity index (χ0) is 25.5. The van der Waals surface area contributed by atoms with E-state index in [4.69, 9.17) is 26.8 Å². The van der Waals surface area contributed by atoms with Crippen LogP contribution in [0.2, 0.25) is 5.28 Å². The number of nitrogens with zero attached hydrogens (tertiary/aromatic N) is 4. The summed E-state index contributed by atoms with van der Waals surface area (Å²) in [7, 11) is 0. The zero-order valence-corrected chi connectivity index (χ0v) is 18.4. The van der Waals surface area contributed by atoms with Crippen LogP contribution in [0.15, 0.2) is 30.6 Å². The van der Waals surface area contributed by atoms with Crippen LogP contribution in [-0.2, 0) is 25.5 Å². The van der Waals surface area contributed by atoms with Gasteiger partial charge in [-0.25, -0.2) is 19.0 Å². The van der Waals surface area contributed by atoms with Crippen LogP contribution in [0.4, 0.5) is 10.2 Å². The minimum absolute atomic E-state index is 0.0276. The molecule has 1 aliphatic rings. The van der Waals surface area contributed by atoms with Crippen molar-refractivity contribution in [1.29, 1.82) is 0 Å². The smallest absolute Gasteiger partial charge is 0.348 e. The van der Waals surface area contributed by atoms with Gasteiger partial charge in [0.2, 0.25) is 5.28 Å². The number of fused-ring (bicyclic) bond motifs is 1. The Morgan fingerprint density at radius 3 is 2.46 bits per heavy atom. The Balaban J connectivity index is 1.57. The van der Waals surface area contributed by atoms with Gasteiger partial charge in [0.15, 0.2) is 17.7 Å². The number of imidazole rings is 1. The van der Waals surface area contributed by atoms with Crippen LogP contribution in [0, 0.1) is 5.82 Å². The SMILES string of the molecule is Nc1nc(Cl)nc2c1ncn2[C@@H]1O[C@H](COC(Cc2ccc(F)cc2)(C(=O)O)C(=O)O)[C@@H](O)[C@H]1O. The number of rotatable bonds is 8. The van der Waals surface area contributed by atoms with Crippen molar-refractivity contribution in [1.82, 2.24) is 19.5 Å². The number of aliphatic hydroxyl groups excluding tert-OH is 2. The van der Waals surface area contributed by atoms with Crippen molar-refractivity contribution in [2.45, 2.75) is 36.6 Å². The van der Waals surface area contributed by atoms with Gasteiger partial charge in [0, 0.05) is 6.42 Å². The fourth-order valence-electron chi connectivity index (χ4n) is 3.72. The Bertz CT molecular complexity index is 1260. The van der Waals surface area contributed by atoms with E-state index in [9.17, 15) is 34.4 Å². The maximum absolute atomic E-state index is 13.2. The lowest BCUT2D eigenvalue weighted by atomic mass is 9.94. The molecule has 1 aliphatic heterocycles. The molecule has 13 nitrogen and oxygen atoms in total. The molecule has 0 amide bonds. The van der Waals surface area contributed by atoms with Crippen molar-refractivity contribution in [3.63, 3.8) is 0 Å². The highest BCUT2D eigenvalue weighted by Crippen LogP contribution is 2.33. The maximum Gasteiger partial charge on any atom is 0.348 e. The summed E-state index contributed by atoms with van der Waals surface area (Å²) in [6, 6.07) is 4.55. The third-order valence-electron chi connectivity index (χ3n) is 5.58. The molecule has 0 bridgehead atoms. The van der Waals surface area contributed by atoms with E-state index < -0.39 is 60.9 Å². The highest BCUT2D eigenvalue weighted by atomic mass is 35.5. The van der Waals surface area contributed by atoms with Crippen LogP contribution >= 0.6 is 11.6 Å². The number of nitrogen functional groups attached to an aromatic ring is 1. The summed E-state index contributed by atoms with van der Waals surface area (Å²) in [5, 5.41) is 40.2. The third kappa shape index (κ3) is 4.49. The topological polar surface area (TPSA) is 203 Å². The van der Waals surface area contributed by atoms with Crippen molar-refractivity contribution in [2.75, 3.05) is 12.3 Å². The van der Waals surface area contributed by atoms with E-state index in [2.05, 4.69) is 15.0 Å². The first-order chi connectivity index (χ1) is 16.5. The molecule has 0 unspecified atom stereocenters. The fourth-order valence-corrected chi connectivity index (χ4v) is 3.90. The van der Waals surface area contributed by atoms with Gasteiger partial charge in [-0.1, -0.05) is 12.1 Å². The molecule has 3 heterocycles. The predicted molar refractivity (Wildman–Crippen MR) is 115 cm³/mol. The first-order valence-electron chi connectivity index (χ1n) is 10.1. The van der Waals surface area contributed by atoms with Crippen molar-refractivity contribution >= 4 is 40.5 Å². The number of benzene rings is 1. The number of hydrogen-bond acceptors (Lipinski definition) is 10. The first kappa shape index (κ1) is 24.7. The summed E-state index contributed by atoms with van der Waals surface area (Å²) in [5.41, 5.74) is 3.43. The van der Waals surface area contributed by atoms with E-state index in [0.29, 0.717) is 0 Å². The number of halogens is 2. The minimum Gasteiger partial charge on any atom is -0.479 e. The number of carboxylic acid groups (broad SMARTS) is 2. The summed E-state index contributed by atoms with van der Waals surface area (Å²) < 4.78 is 25.4. The number of nitrogens with two attached hydrogens (primary N) is 1. The normalized spacial score (nSPS) is 22.5. The van der Waals surface area contributed by atoms with Crippen LogP contribution in [0.25, 0.3) is 11.2 Å². The molecule has 4 atom stereocenters. The molecule has 1 aromatic carbocycles. The molecule has 0 spiro atoms. The number of aliphatic hydroxyl groups is 2. The number of ether oxygens (including phenoxy) is 2. The van der Waals surface area contributed by atoms with Crippen molar-refractivity contribution < 1.29 is 43.9 Å². The second kappa shape index (κ2) is 9.31. The molecule has 15 heteroatoms. The van der Waals surface area contributed by atoms with Gasteiger partial charge in [0.1, 0.15) is 29.6 Å². The molecule has 0 radical (unpaired) electrons. The molecule has 6 N–H and O–H groups in total. The van der Waals surface area contributed by atoms with E-state index in [1.165, 1.54) is 23.0 Å². The largest absolute Gasteiger partial charge is 0.479 e. The number of aliphatic carboxylic acids is 2. The Hall–Kier alpha value is -3.43. The number of hydrogen-bond donors (Lipinski definition) is 5. The third-order valence-corrected chi connectivity index (χ3v) is 5.75. The van der Waals surface area contributed by atoms with E-state index in [0.717, 1.165) is 12.1 Å². The second-order valence-corrected chi connectivity index (χ2v) is 8.14. The molecule has 1 saturated heterocycles. The van der Waals surface area contributed by atoms with Gasteiger partial charge in [-0.2, -0.15) is 9.97 Å². The molecule has 1 fully saturated rings. The predicted octanol–water partition coefficient (Wildman–Crippen LogP) is -0.0125. The van der Waals surface area contributed by atoms with Crippen LogP contribution in [0.3, 0.4) is 0 Å². The molecule has 0 aliphatic carbocycles. The van der Waals surface area contributed by atoms with Crippen molar-refractivity contribution in [3.8, 4) is 0 Å². The van der Waals surface area contributed by atoms with E-state index >= 15 is 0 Å². The average molecular weight is 512 g/mol. The lowest BCUT2D eigenvalue weighted by Crippen LogP contribution is -2.52. The summed E-state index contributed by atoms with van der Waals surface area (Å²) >= 11 is 5.84. The quantitative estimate of drug-likeness (QED) is 0.200. The average Bonchev–Trinajstić information content (AvgIpc) is 3.33. The van der Waals surface area contributed by atoms with E-state index in [1.54, 1.807) is 0 Å². The molecule has 0 saturated carbocycles. The molecule has 35 heavy (non-hydrogen) atoms. The van der Waals surface area contributed by atoms with Gasteiger partial charge in [-0.3, -0.25) is 4.57 Å². The molecule has 186 valence electrons. The highest BCUT2D eigenvalue weighted by molar-refractivity contribution is 6.28. The van der Waals surface area contributed by atoms with Gasteiger partial charge >= 0.3 is 11.9 Å². The van der Waals surface area contributed by atoms with Gasteiger partial charge in [0.05, 0.1) is 12.9 Å². The zero-order valence-electron chi connectivity index (χ0n) is 17.7. The lowest BCUT2D eigenvalue weighted by molar-refractivity contribution is -0.190. The standard InChI is InChI=1S/C20H19ClFN5O8/c21-19-25-14(23)11-15(26-19)27(7-24-11)16-13(29)12(28)10(35-16)6-34-20(17(30)31,18(32)33)5-8-1-3-9(22)4-2-8/h1-4,7,10,12-13,16,28-29H,5-6H2,(H,30,31)(H,32,33)(H2,23,25,26)/t10-,12-,13-,16-/m1/s1. The van der Waals surface area contributed by atoms with Gasteiger partial charge in [-0.15, -0.1) is 0 Å². The number of carbonyl (C=O) groups is 2. The van der Waals surface area contributed by atoms with Crippen LogP contribution in [0.5, 0.6) is 0 Å².